The van der Waals surface area contributed by atoms with Crippen molar-refractivity contribution in [2.75, 3.05) is 5.32 Å². The van der Waals surface area contributed by atoms with E-state index in [4.69, 9.17) is 11.6 Å². The van der Waals surface area contributed by atoms with Crippen LogP contribution >= 0.6 is 34.2 Å². The predicted octanol–water partition coefficient (Wildman–Crippen LogP) is 7.07. The summed E-state index contributed by atoms with van der Waals surface area (Å²) in [6.07, 6.45) is -11.0. The van der Waals surface area contributed by atoms with Gasteiger partial charge in [-0.3, -0.25) is 9.59 Å². The third-order valence-corrected chi connectivity index (χ3v) is 6.84. The van der Waals surface area contributed by atoms with Gasteiger partial charge in [-0.15, -0.1) is 0 Å². The first-order valence-corrected chi connectivity index (χ1v) is 13.1. The summed E-state index contributed by atoms with van der Waals surface area (Å²) in [6, 6.07) is 10.7. The van der Waals surface area contributed by atoms with Crippen molar-refractivity contribution in [3.63, 3.8) is 0 Å². The van der Waals surface area contributed by atoms with Gasteiger partial charge in [0.1, 0.15) is 5.75 Å². The van der Waals surface area contributed by atoms with E-state index in [9.17, 15) is 27.9 Å². The molecular formula is C27H23ClF5IN2O4. The molecule has 0 aliphatic rings. The number of carbonyl (C=O) groups is 2. The van der Waals surface area contributed by atoms with Gasteiger partial charge in [-0.05, 0) is 91.4 Å². The van der Waals surface area contributed by atoms with Gasteiger partial charge in [0.15, 0.2) is 0 Å². The lowest BCUT2D eigenvalue weighted by atomic mass is 9.90. The highest BCUT2D eigenvalue weighted by Crippen LogP contribution is 2.50. The van der Waals surface area contributed by atoms with Crippen LogP contribution in [-0.2, 0) is 5.60 Å². The number of hydrogen-bond donors (Lipinski definition) is 3. The second-order valence-electron chi connectivity index (χ2n) is 9.06. The molecule has 0 aromatic heterocycles. The van der Waals surface area contributed by atoms with Crippen LogP contribution in [0.2, 0.25) is 5.02 Å². The summed E-state index contributed by atoms with van der Waals surface area (Å²) in [6.45, 7) is 4.74. The first-order valence-electron chi connectivity index (χ1n) is 11.6. The van der Waals surface area contributed by atoms with Gasteiger partial charge in [-0.1, -0.05) is 29.8 Å². The Kier molecular flexibility index (Phi) is 9.36. The second kappa shape index (κ2) is 11.9. The van der Waals surface area contributed by atoms with Crippen LogP contribution in [0.3, 0.4) is 0 Å². The van der Waals surface area contributed by atoms with Gasteiger partial charge in [0.2, 0.25) is 0 Å². The molecular weight excluding hydrogens is 674 g/mol. The average Bonchev–Trinajstić information content (AvgIpc) is 2.84. The summed E-state index contributed by atoms with van der Waals surface area (Å²) < 4.78 is 76.9. The van der Waals surface area contributed by atoms with E-state index >= 15 is 8.78 Å². The Morgan fingerprint density at radius 3 is 2.15 bits per heavy atom. The Hall–Kier alpha value is -2.97. The zero-order valence-electron chi connectivity index (χ0n) is 21.2. The van der Waals surface area contributed by atoms with Gasteiger partial charge in [-0.2, -0.15) is 22.0 Å². The first kappa shape index (κ1) is 31.6. The van der Waals surface area contributed by atoms with Gasteiger partial charge in [0, 0.05) is 25.9 Å². The van der Waals surface area contributed by atoms with Crippen LogP contribution in [0.5, 0.6) is 5.75 Å². The Labute approximate surface area is 245 Å². The number of halogens is 7. The standard InChI is InChI=1S/C27H23ClF5IN2O4/c1-14(2)35-24(38)22-19(5-4-6-20(22)34)23(37)36-21-12-7-16(13-15(21)3)25(39,26(29,30)31)27(32,33)40-18-10-8-17(28)9-11-18/h4-14,39H,1-3H3,(H,35,38)(H,36,37). The molecule has 1 atom stereocenters. The number of nitrogens with one attached hydrogen (secondary N) is 2. The number of carbonyl (C=O) groups excluding carboxylic acids is 2. The number of benzene rings is 3. The van der Waals surface area contributed by atoms with E-state index in [1.165, 1.54) is 13.0 Å². The summed E-state index contributed by atoms with van der Waals surface area (Å²) in [5.74, 6) is -1.92. The number of alkyl halides is 5. The van der Waals surface area contributed by atoms with E-state index < -0.39 is 41.0 Å². The molecule has 6 nitrogen and oxygen atoms in total. The predicted molar refractivity (Wildman–Crippen MR) is 148 cm³/mol. The van der Waals surface area contributed by atoms with Crippen molar-refractivity contribution >= 4 is 51.7 Å². The lowest BCUT2D eigenvalue weighted by molar-refractivity contribution is -0.390. The topological polar surface area (TPSA) is 87.7 Å². The number of aliphatic hydroxyl groups is 1. The van der Waals surface area contributed by atoms with Crippen molar-refractivity contribution in [1.29, 1.82) is 0 Å². The molecule has 0 spiro atoms. The molecule has 0 radical (unpaired) electrons. The molecule has 40 heavy (non-hydrogen) atoms. The fourth-order valence-electron chi connectivity index (χ4n) is 3.72. The minimum absolute atomic E-state index is 0.0109. The van der Waals surface area contributed by atoms with Gasteiger partial charge in [0.05, 0.1) is 11.1 Å². The number of anilines is 1. The third-order valence-electron chi connectivity index (χ3n) is 5.69. The quantitative estimate of drug-likeness (QED) is 0.174. The lowest BCUT2D eigenvalue weighted by Crippen LogP contribution is -2.58. The maximum Gasteiger partial charge on any atom is 0.441 e. The molecule has 214 valence electrons. The molecule has 13 heteroatoms. The number of aryl methyl sites for hydroxylation is 1. The molecule has 2 amide bonds. The molecule has 3 rings (SSSR count). The van der Waals surface area contributed by atoms with Crippen molar-refractivity contribution in [3.05, 3.63) is 91.5 Å². The molecule has 0 bridgehead atoms. The highest BCUT2D eigenvalue weighted by Gasteiger charge is 2.72. The van der Waals surface area contributed by atoms with Crippen molar-refractivity contribution in [3.8, 4) is 5.75 Å². The monoisotopic (exact) mass is 696 g/mol. The maximum atomic E-state index is 15.0. The molecule has 3 N–H and O–H groups in total. The summed E-state index contributed by atoms with van der Waals surface area (Å²) in [5, 5.41) is 15.8. The average molecular weight is 697 g/mol. The molecule has 3 aromatic carbocycles. The van der Waals surface area contributed by atoms with E-state index in [1.807, 2.05) is 22.6 Å². The smallest absolute Gasteiger partial charge is 0.430 e. The molecule has 0 fully saturated rings. The molecule has 0 aliphatic carbocycles. The van der Waals surface area contributed by atoms with Crippen LogP contribution in [-0.4, -0.2) is 35.2 Å². The Morgan fingerprint density at radius 2 is 1.60 bits per heavy atom. The van der Waals surface area contributed by atoms with Crippen molar-refractivity contribution < 1.29 is 41.4 Å². The fraction of sp³-hybridized carbons (Fsp3) is 0.259. The van der Waals surface area contributed by atoms with Crippen molar-refractivity contribution in [2.24, 2.45) is 0 Å². The Morgan fingerprint density at radius 1 is 0.975 bits per heavy atom. The van der Waals surface area contributed by atoms with E-state index in [1.54, 1.807) is 26.0 Å². The highest BCUT2D eigenvalue weighted by atomic mass is 127. The zero-order chi connectivity index (χ0) is 30.0. The Bertz CT molecular complexity index is 1420. The molecule has 0 saturated carbocycles. The number of ether oxygens (including phenoxy) is 1. The normalized spacial score (nSPS) is 13.5. The number of rotatable bonds is 8. The van der Waals surface area contributed by atoms with Gasteiger partial charge >= 0.3 is 12.3 Å². The number of hydrogen-bond acceptors (Lipinski definition) is 4. The van der Waals surface area contributed by atoms with E-state index in [0.29, 0.717) is 15.7 Å². The van der Waals surface area contributed by atoms with E-state index in [0.717, 1.165) is 30.3 Å². The maximum absolute atomic E-state index is 15.0. The van der Waals surface area contributed by atoms with Crippen LogP contribution in [0.25, 0.3) is 0 Å². The Balaban J connectivity index is 1.97. The van der Waals surface area contributed by atoms with Gasteiger partial charge < -0.3 is 20.5 Å². The summed E-state index contributed by atoms with van der Waals surface area (Å²) in [4.78, 5) is 25.8. The van der Waals surface area contributed by atoms with E-state index in [-0.39, 0.29) is 33.4 Å². The van der Waals surface area contributed by atoms with Crippen LogP contribution in [0.15, 0.2) is 60.7 Å². The van der Waals surface area contributed by atoms with Crippen molar-refractivity contribution in [1.82, 2.24) is 5.32 Å². The molecule has 0 saturated heterocycles. The number of amides is 2. The molecule has 1 unspecified atom stereocenters. The van der Waals surface area contributed by atoms with Crippen molar-refractivity contribution in [2.45, 2.75) is 44.7 Å². The molecule has 3 aromatic rings. The summed E-state index contributed by atoms with van der Waals surface area (Å²) in [7, 11) is 0. The zero-order valence-corrected chi connectivity index (χ0v) is 24.1. The first-order chi connectivity index (χ1) is 18.5. The summed E-state index contributed by atoms with van der Waals surface area (Å²) >= 11 is 7.57. The molecule has 0 aliphatic heterocycles. The van der Waals surface area contributed by atoms with Crippen LogP contribution in [0, 0.1) is 10.5 Å². The fourth-order valence-corrected chi connectivity index (χ4v) is 4.59. The third kappa shape index (κ3) is 6.50. The molecule has 0 heterocycles. The van der Waals surface area contributed by atoms with Crippen LogP contribution < -0.4 is 15.4 Å². The second-order valence-corrected chi connectivity index (χ2v) is 10.7. The lowest BCUT2D eigenvalue weighted by Gasteiger charge is -2.37. The van der Waals surface area contributed by atoms with Gasteiger partial charge in [0.25, 0.3) is 17.4 Å². The minimum Gasteiger partial charge on any atom is -0.430 e. The minimum atomic E-state index is -5.88. The largest absolute Gasteiger partial charge is 0.441 e. The summed E-state index contributed by atoms with van der Waals surface area (Å²) in [5.41, 5.74) is -6.01. The van der Waals surface area contributed by atoms with E-state index in [2.05, 4.69) is 15.4 Å². The van der Waals surface area contributed by atoms with Crippen LogP contribution in [0.1, 0.15) is 45.7 Å². The SMILES string of the molecule is Cc1cc(C(O)(C(F)(F)F)C(F)(F)Oc2ccc(Cl)cc2)ccc1NC(=O)c1cccc(I)c1C(=O)NC(C)C. The van der Waals surface area contributed by atoms with Gasteiger partial charge in [-0.25, -0.2) is 0 Å². The van der Waals surface area contributed by atoms with Crippen LogP contribution in [0.4, 0.5) is 27.6 Å². The highest BCUT2D eigenvalue weighted by molar-refractivity contribution is 14.1.